The number of nitrogens with zero attached hydrogens (tertiary/aromatic N) is 2. The van der Waals surface area contributed by atoms with Crippen molar-refractivity contribution in [2.45, 2.75) is 27.2 Å². The number of nitrogens with one attached hydrogen (secondary N) is 1. The summed E-state index contributed by atoms with van der Waals surface area (Å²) >= 11 is 0. The Labute approximate surface area is 122 Å². The monoisotopic (exact) mass is 279 g/mol. The number of aromatic nitrogens is 3. The Hall–Kier alpha value is -2.49. The van der Waals surface area contributed by atoms with Crippen LogP contribution in [0.4, 0.5) is 0 Å². The first-order valence-corrected chi connectivity index (χ1v) is 7.06. The molecule has 21 heavy (non-hydrogen) atoms. The lowest BCUT2D eigenvalue weighted by Crippen LogP contribution is -2.15. The molecule has 0 unspecified atom stereocenters. The minimum Gasteiger partial charge on any atom is -0.306 e. The van der Waals surface area contributed by atoms with Crippen LogP contribution >= 0.6 is 0 Å². The first kappa shape index (κ1) is 13.5. The van der Waals surface area contributed by atoms with Gasteiger partial charge < -0.3 is 4.98 Å². The molecule has 0 fully saturated rings. The summed E-state index contributed by atoms with van der Waals surface area (Å²) in [5.41, 5.74) is 4.20. The number of para-hydroxylation sites is 1. The van der Waals surface area contributed by atoms with Crippen molar-refractivity contribution in [3.05, 3.63) is 57.6 Å². The molecule has 4 heteroatoms. The molecule has 0 aliphatic heterocycles. The quantitative estimate of drug-likeness (QED) is 0.784. The SMILES string of the molecule is CCc1nc(-c2cc(C)nc3ccccc23)[nH]c(=O)c1C. The van der Waals surface area contributed by atoms with Crippen molar-refractivity contribution in [1.82, 2.24) is 15.0 Å². The van der Waals surface area contributed by atoms with Gasteiger partial charge in [-0.15, -0.1) is 0 Å². The summed E-state index contributed by atoms with van der Waals surface area (Å²) < 4.78 is 0. The second-order valence-electron chi connectivity index (χ2n) is 5.17. The van der Waals surface area contributed by atoms with Gasteiger partial charge in [-0.2, -0.15) is 0 Å². The van der Waals surface area contributed by atoms with Gasteiger partial charge in [0.1, 0.15) is 5.82 Å². The maximum absolute atomic E-state index is 12.1. The fourth-order valence-corrected chi connectivity index (χ4v) is 2.55. The molecule has 2 aromatic heterocycles. The summed E-state index contributed by atoms with van der Waals surface area (Å²) in [5, 5.41) is 0.997. The van der Waals surface area contributed by atoms with Gasteiger partial charge in [-0.3, -0.25) is 9.78 Å². The second kappa shape index (κ2) is 5.13. The Kier molecular flexibility index (Phi) is 3.29. The number of aryl methyl sites for hydroxylation is 2. The summed E-state index contributed by atoms with van der Waals surface area (Å²) in [6.45, 7) is 5.77. The third kappa shape index (κ3) is 2.33. The van der Waals surface area contributed by atoms with Gasteiger partial charge in [0, 0.05) is 22.2 Å². The van der Waals surface area contributed by atoms with E-state index >= 15 is 0 Å². The molecular weight excluding hydrogens is 262 g/mol. The summed E-state index contributed by atoms with van der Waals surface area (Å²) in [7, 11) is 0. The molecule has 2 heterocycles. The van der Waals surface area contributed by atoms with Gasteiger partial charge in [0.05, 0.1) is 11.2 Å². The summed E-state index contributed by atoms with van der Waals surface area (Å²) in [5.74, 6) is 0.615. The van der Waals surface area contributed by atoms with Crippen LogP contribution in [0.25, 0.3) is 22.3 Å². The zero-order chi connectivity index (χ0) is 15.0. The number of benzene rings is 1. The third-order valence-corrected chi connectivity index (χ3v) is 3.69. The molecule has 0 aliphatic carbocycles. The molecular formula is C17H17N3O. The first-order valence-electron chi connectivity index (χ1n) is 7.06. The van der Waals surface area contributed by atoms with Crippen molar-refractivity contribution in [1.29, 1.82) is 0 Å². The van der Waals surface area contributed by atoms with Gasteiger partial charge in [-0.1, -0.05) is 25.1 Å². The van der Waals surface area contributed by atoms with E-state index in [1.165, 1.54) is 0 Å². The Morgan fingerprint density at radius 2 is 1.90 bits per heavy atom. The predicted octanol–water partition coefficient (Wildman–Crippen LogP) is 3.16. The highest BCUT2D eigenvalue weighted by atomic mass is 16.1. The summed E-state index contributed by atoms with van der Waals surface area (Å²) in [6, 6.07) is 9.87. The Balaban J connectivity index is 2.35. The molecule has 0 saturated carbocycles. The van der Waals surface area contributed by atoms with Crippen LogP contribution in [0.5, 0.6) is 0 Å². The number of H-pyrrole nitrogens is 1. The fraction of sp³-hybridized carbons (Fsp3) is 0.235. The van der Waals surface area contributed by atoms with Gasteiger partial charge in [0.25, 0.3) is 5.56 Å². The lowest BCUT2D eigenvalue weighted by atomic mass is 10.1. The average Bonchev–Trinajstić information content (AvgIpc) is 2.49. The molecule has 1 N–H and O–H groups in total. The molecule has 106 valence electrons. The van der Waals surface area contributed by atoms with Crippen LogP contribution in [-0.4, -0.2) is 15.0 Å². The Morgan fingerprint density at radius 1 is 1.14 bits per heavy atom. The number of hydrogen-bond acceptors (Lipinski definition) is 3. The maximum atomic E-state index is 12.1. The molecule has 0 saturated heterocycles. The smallest absolute Gasteiger partial charge is 0.254 e. The van der Waals surface area contributed by atoms with Gasteiger partial charge in [0.2, 0.25) is 0 Å². The molecule has 1 aromatic carbocycles. The highest BCUT2D eigenvalue weighted by Gasteiger charge is 2.11. The van der Waals surface area contributed by atoms with E-state index in [2.05, 4.69) is 15.0 Å². The largest absolute Gasteiger partial charge is 0.306 e. The van der Waals surface area contributed by atoms with Crippen molar-refractivity contribution in [2.24, 2.45) is 0 Å². The van der Waals surface area contributed by atoms with E-state index in [0.29, 0.717) is 11.4 Å². The summed E-state index contributed by atoms with van der Waals surface area (Å²) in [6.07, 6.45) is 0.741. The molecule has 0 spiro atoms. The van der Waals surface area contributed by atoms with Crippen LogP contribution < -0.4 is 5.56 Å². The number of fused-ring (bicyclic) bond motifs is 1. The fourth-order valence-electron chi connectivity index (χ4n) is 2.55. The van der Waals surface area contributed by atoms with Crippen molar-refractivity contribution in [3.8, 4) is 11.4 Å². The summed E-state index contributed by atoms with van der Waals surface area (Å²) in [4.78, 5) is 24.1. The number of aromatic amines is 1. The average molecular weight is 279 g/mol. The molecule has 3 aromatic rings. The Morgan fingerprint density at radius 3 is 2.67 bits per heavy atom. The number of pyridine rings is 1. The van der Waals surface area contributed by atoms with Crippen LogP contribution in [0.1, 0.15) is 23.9 Å². The first-order chi connectivity index (χ1) is 10.1. The Bertz CT molecular complexity index is 881. The zero-order valence-corrected chi connectivity index (χ0v) is 12.4. The number of rotatable bonds is 2. The standard InChI is InChI=1S/C17H17N3O/c1-4-14-11(3)17(21)20-16(19-14)13-9-10(2)18-15-8-6-5-7-12(13)15/h5-9H,4H2,1-3H3,(H,19,20,21). The van der Waals surface area contributed by atoms with E-state index in [1.54, 1.807) is 0 Å². The predicted molar refractivity (Wildman–Crippen MR) is 84.4 cm³/mol. The van der Waals surface area contributed by atoms with Crippen LogP contribution in [0.2, 0.25) is 0 Å². The molecule has 0 radical (unpaired) electrons. The van der Waals surface area contributed by atoms with E-state index in [1.807, 2.05) is 51.1 Å². The second-order valence-corrected chi connectivity index (χ2v) is 5.17. The highest BCUT2D eigenvalue weighted by Crippen LogP contribution is 2.25. The van der Waals surface area contributed by atoms with Gasteiger partial charge >= 0.3 is 0 Å². The zero-order valence-electron chi connectivity index (χ0n) is 12.4. The molecule has 3 rings (SSSR count). The number of hydrogen-bond donors (Lipinski definition) is 1. The van der Waals surface area contributed by atoms with Crippen LogP contribution in [0.3, 0.4) is 0 Å². The highest BCUT2D eigenvalue weighted by molar-refractivity contribution is 5.92. The van der Waals surface area contributed by atoms with E-state index in [9.17, 15) is 4.79 Å². The normalized spacial score (nSPS) is 11.0. The van der Waals surface area contributed by atoms with Crippen molar-refractivity contribution in [3.63, 3.8) is 0 Å². The molecule has 0 amide bonds. The van der Waals surface area contributed by atoms with E-state index in [4.69, 9.17) is 0 Å². The van der Waals surface area contributed by atoms with E-state index < -0.39 is 0 Å². The molecule has 4 nitrogen and oxygen atoms in total. The molecule has 0 bridgehead atoms. The lowest BCUT2D eigenvalue weighted by Gasteiger charge is -2.09. The van der Waals surface area contributed by atoms with Crippen LogP contribution in [0.15, 0.2) is 35.1 Å². The molecule has 0 aliphatic rings. The van der Waals surface area contributed by atoms with Gasteiger partial charge in [-0.05, 0) is 32.4 Å². The topological polar surface area (TPSA) is 58.6 Å². The van der Waals surface area contributed by atoms with E-state index in [0.717, 1.165) is 34.3 Å². The minimum absolute atomic E-state index is 0.0737. The van der Waals surface area contributed by atoms with Crippen molar-refractivity contribution < 1.29 is 0 Å². The van der Waals surface area contributed by atoms with Crippen molar-refractivity contribution >= 4 is 10.9 Å². The minimum atomic E-state index is -0.0737. The third-order valence-electron chi connectivity index (χ3n) is 3.69. The van der Waals surface area contributed by atoms with Gasteiger partial charge in [-0.25, -0.2) is 4.98 Å². The van der Waals surface area contributed by atoms with Gasteiger partial charge in [0.15, 0.2) is 0 Å². The van der Waals surface area contributed by atoms with Crippen molar-refractivity contribution in [2.75, 3.05) is 0 Å². The molecule has 0 atom stereocenters. The van der Waals surface area contributed by atoms with E-state index in [-0.39, 0.29) is 5.56 Å². The lowest BCUT2D eigenvalue weighted by molar-refractivity contribution is 0.955. The maximum Gasteiger partial charge on any atom is 0.254 e. The van der Waals surface area contributed by atoms with Crippen LogP contribution in [-0.2, 0) is 6.42 Å². The van der Waals surface area contributed by atoms with Crippen LogP contribution in [0, 0.1) is 13.8 Å².